The molecule has 0 aliphatic carbocycles. The molecule has 0 amide bonds. The minimum absolute atomic E-state index is 0.255. The number of hydrogen-bond donors (Lipinski definition) is 2. The van der Waals surface area contributed by atoms with Crippen LogP contribution in [0.4, 0.5) is 5.69 Å². The van der Waals surface area contributed by atoms with Crippen LogP contribution >= 0.6 is 0 Å². The Morgan fingerprint density at radius 2 is 1.94 bits per heavy atom. The molecule has 90 valence electrons. The molecule has 3 N–H and O–H groups in total. The lowest BCUT2D eigenvalue weighted by molar-refractivity contribution is 0.365. The van der Waals surface area contributed by atoms with Crippen LogP contribution in [0.2, 0.25) is 0 Å². The summed E-state index contributed by atoms with van der Waals surface area (Å²) in [6.07, 6.45) is 1.05. The molecule has 0 heterocycles. The molecule has 0 bridgehead atoms. The summed E-state index contributed by atoms with van der Waals surface area (Å²) in [6, 6.07) is 6.38. The van der Waals surface area contributed by atoms with Gasteiger partial charge in [-0.15, -0.1) is 0 Å². The van der Waals surface area contributed by atoms with E-state index in [1.165, 1.54) is 16.8 Å². The Balaban J connectivity index is 2.64. The number of anilines is 1. The molecule has 0 aliphatic rings. The number of nitrogens with one attached hydrogen (secondary N) is 1. The van der Waals surface area contributed by atoms with Crippen LogP contribution in [-0.4, -0.2) is 13.1 Å². The van der Waals surface area contributed by atoms with Crippen molar-refractivity contribution in [1.29, 1.82) is 0 Å². The molecule has 0 saturated carbocycles. The molecular weight excluding hydrogens is 196 g/mol. The highest BCUT2D eigenvalue weighted by Crippen LogP contribution is 2.23. The lowest BCUT2D eigenvalue weighted by atomic mass is 9.89. The van der Waals surface area contributed by atoms with Gasteiger partial charge in [0.25, 0.3) is 0 Å². The maximum atomic E-state index is 5.61. The average molecular weight is 220 g/mol. The highest BCUT2D eigenvalue weighted by molar-refractivity contribution is 5.53. The lowest BCUT2D eigenvalue weighted by Gasteiger charge is -2.25. The molecule has 0 unspecified atom stereocenters. The van der Waals surface area contributed by atoms with Gasteiger partial charge in [0.1, 0.15) is 0 Å². The number of benzene rings is 1. The van der Waals surface area contributed by atoms with Gasteiger partial charge in [-0.3, -0.25) is 0 Å². The summed E-state index contributed by atoms with van der Waals surface area (Å²) < 4.78 is 0. The van der Waals surface area contributed by atoms with Crippen LogP contribution in [0, 0.1) is 19.3 Å². The van der Waals surface area contributed by atoms with Crippen molar-refractivity contribution in [3.05, 3.63) is 29.3 Å². The molecule has 0 fully saturated rings. The summed E-state index contributed by atoms with van der Waals surface area (Å²) >= 11 is 0. The predicted octanol–water partition coefficient (Wildman–Crippen LogP) is 3.09. The molecule has 1 rings (SSSR count). The standard InChI is InChI=1S/C14H24N2/c1-11-6-5-7-13(12(11)2)16-10-14(3,4)8-9-15/h5-7,16H,8-10,15H2,1-4H3. The Bertz CT molecular complexity index is 343. The van der Waals surface area contributed by atoms with E-state index in [1.54, 1.807) is 0 Å². The van der Waals surface area contributed by atoms with Crippen molar-refractivity contribution in [3.63, 3.8) is 0 Å². The van der Waals surface area contributed by atoms with Gasteiger partial charge in [-0.1, -0.05) is 26.0 Å². The Kier molecular flexibility index (Phi) is 4.36. The molecule has 2 nitrogen and oxygen atoms in total. The Hall–Kier alpha value is -1.02. The number of aryl methyl sites for hydroxylation is 1. The highest BCUT2D eigenvalue weighted by Gasteiger charge is 2.16. The van der Waals surface area contributed by atoms with Gasteiger partial charge in [-0.2, -0.15) is 0 Å². The molecule has 0 spiro atoms. The van der Waals surface area contributed by atoms with E-state index in [2.05, 4.69) is 51.2 Å². The second kappa shape index (κ2) is 5.35. The minimum Gasteiger partial charge on any atom is -0.384 e. The minimum atomic E-state index is 0.255. The molecule has 0 atom stereocenters. The Labute approximate surface area is 99.2 Å². The van der Waals surface area contributed by atoms with Gasteiger partial charge < -0.3 is 11.1 Å². The summed E-state index contributed by atoms with van der Waals surface area (Å²) in [5.41, 5.74) is 9.78. The van der Waals surface area contributed by atoms with E-state index in [1.807, 2.05) is 0 Å². The first-order valence-corrected chi connectivity index (χ1v) is 5.96. The number of rotatable bonds is 5. The Morgan fingerprint density at radius 1 is 1.25 bits per heavy atom. The number of hydrogen-bond acceptors (Lipinski definition) is 2. The van der Waals surface area contributed by atoms with E-state index in [0.717, 1.165) is 19.5 Å². The van der Waals surface area contributed by atoms with Gasteiger partial charge in [0, 0.05) is 12.2 Å². The van der Waals surface area contributed by atoms with Gasteiger partial charge >= 0.3 is 0 Å². The molecule has 1 aromatic carbocycles. The fraction of sp³-hybridized carbons (Fsp3) is 0.571. The van der Waals surface area contributed by atoms with Crippen LogP contribution in [0.1, 0.15) is 31.4 Å². The van der Waals surface area contributed by atoms with Gasteiger partial charge in [0.05, 0.1) is 0 Å². The lowest BCUT2D eigenvalue weighted by Crippen LogP contribution is -2.26. The van der Waals surface area contributed by atoms with Crippen molar-refractivity contribution >= 4 is 5.69 Å². The van der Waals surface area contributed by atoms with Crippen LogP contribution < -0.4 is 11.1 Å². The van der Waals surface area contributed by atoms with E-state index in [-0.39, 0.29) is 5.41 Å². The molecule has 0 radical (unpaired) electrons. The third kappa shape index (κ3) is 3.53. The van der Waals surface area contributed by atoms with Gasteiger partial charge in [0.2, 0.25) is 0 Å². The van der Waals surface area contributed by atoms with Crippen LogP contribution in [0.25, 0.3) is 0 Å². The topological polar surface area (TPSA) is 38.0 Å². The summed E-state index contributed by atoms with van der Waals surface area (Å²) in [5, 5.41) is 3.52. The van der Waals surface area contributed by atoms with Crippen molar-refractivity contribution in [3.8, 4) is 0 Å². The monoisotopic (exact) mass is 220 g/mol. The second-order valence-electron chi connectivity index (χ2n) is 5.30. The molecule has 1 aromatic rings. The van der Waals surface area contributed by atoms with E-state index in [0.29, 0.717) is 0 Å². The first-order valence-electron chi connectivity index (χ1n) is 5.96. The first kappa shape index (κ1) is 13.0. The molecule has 16 heavy (non-hydrogen) atoms. The maximum absolute atomic E-state index is 5.61. The zero-order valence-corrected chi connectivity index (χ0v) is 10.9. The van der Waals surface area contributed by atoms with Crippen LogP contribution in [0.3, 0.4) is 0 Å². The molecule has 0 aromatic heterocycles. The largest absolute Gasteiger partial charge is 0.384 e. The Morgan fingerprint density at radius 3 is 2.56 bits per heavy atom. The molecular formula is C14H24N2. The number of nitrogens with two attached hydrogens (primary N) is 1. The van der Waals surface area contributed by atoms with Crippen molar-refractivity contribution < 1.29 is 0 Å². The molecule has 2 heteroatoms. The average Bonchev–Trinajstić information content (AvgIpc) is 2.20. The third-order valence-corrected chi connectivity index (χ3v) is 3.18. The normalized spacial score (nSPS) is 11.6. The van der Waals surface area contributed by atoms with E-state index >= 15 is 0 Å². The fourth-order valence-corrected chi connectivity index (χ4v) is 1.76. The second-order valence-corrected chi connectivity index (χ2v) is 5.30. The van der Waals surface area contributed by atoms with Crippen molar-refractivity contribution in [1.82, 2.24) is 0 Å². The van der Waals surface area contributed by atoms with Crippen LogP contribution in [-0.2, 0) is 0 Å². The van der Waals surface area contributed by atoms with E-state index in [4.69, 9.17) is 5.73 Å². The van der Waals surface area contributed by atoms with Gasteiger partial charge in [-0.25, -0.2) is 0 Å². The zero-order chi connectivity index (χ0) is 12.2. The predicted molar refractivity (Wildman–Crippen MR) is 71.9 cm³/mol. The van der Waals surface area contributed by atoms with E-state index < -0.39 is 0 Å². The first-order chi connectivity index (χ1) is 7.46. The van der Waals surface area contributed by atoms with Crippen molar-refractivity contribution in [2.45, 2.75) is 34.1 Å². The molecule has 0 saturated heterocycles. The zero-order valence-electron chi connectivity index (χ0n) is 10.9. The quantitative estimate of drug-likeness (QED) is 0.800. The van der Waals surface area contributed by atoms with E-state index in [9.17, 15) is 0 Å². The van der Waals surface area contributed by atoms with Crippen molar-refractivity contribution in [2.75, 3.05) is 18.4 Å². The van der Waals surface area contributed by atoms with Crippen LogP contribution in [0.5, 0.6) is 0 Å². The smallest absolute Gasteiger partial charge is 0.0372 e. The summed E-state index contributed by atoms with van der Waals surface area (Å²) in [5.74, 6) is 0. The summed E-state index contributed by atoms with van der Waals surface area (Å²) in [6.45, 7) is 10.5. The SMILES string of the molecule is Cc1cccc(NCC(C)(C)CCN)c1C. The summed E-state index contributed by atoms with van der Waals surface area (Å²) in [7, 11) is 0. The maximum Gasteiger partial charge on any atom is 0.0372 e. The van der Waals surface area contributed by atoms with Crippen LogP contribution in [0.15, 0.2) is 18.2 Å². The molecule has 0 aliphatic heterocycles. The fourth-order valence-electron chi connectivity index (χ4n) is 1.76. The highest BCUT2D eigenvalue weighted by atomic mass is 14.9. The van der Waals surface area contributed by atoms with Gasteiger partial charge in [-0.05, 0) is 49.4 Å². The summed E-state index contributed by atoms with van der Waals surface area (Å²) in [4.78, 5) is 0. The van der Waals surface area contributed by atoms with Crippen molar-refractivity contribution in [2.24, 2.45) is 11.1 Å². The third-order valence-electron chi connectivity index (χ3n) is 3.18. The van der Waals surface area contributed by atoms with Gasteiger partial charge in [0.15, 0.2) is 0 Å².